The number of hydrogen-bond acceptors (Lipinski definition) is 5. The molecule has 2 aromatic rings. The van der Waals surface area contributed by atoms with Gasteiger partial charge in [-0.15, -0.1) is 0 Å². The van der Waals surface area contributed by atoms with Crippen molar-refractivity contribution in [3.63, 3.8) is 0 Å². The number of hydrogen-bond donors (Lipinski definition) is 2. The summed E-state index contributed by atoms with van der Waals surface area (Å²) in [6.07, 6.45) is -1.51. The molecule has 2 heterocycles. The molecule has 0 aliphatic carbocycles. The van der Waals surface area contributed by atoms with E-state index in [2.05, 4.69) is 9.82 Å². The van der Waals surface area contributed by atoms with Crippen LogP contribution in [0.2, 0.25) is 0 Å². The Bertz CT molecular complexity index is 991. The first-order valence-electron chi connectivity index (χ1n) is 8.13. The van der Waals surface area contributed by atoms with E-state index in [1.807, 2.05) is 0 Å². The number of nitrogens with zero attached hydrogens (tertiary/aromatic N) is 3. The summed E-state index contributed by atoms with van der Waals surface area (Å²) in [4.78, 5) is 24.1. The molecule has 1 aliphatic heterocycles. The number of nitrogens with one attached hydrogen (secondary N) is 1. The fourth-order valence-corrected chi connectivity index (χ4v) is 3.78. The molecule has 1 aromatic carbocycles. The maximum atomic E-state index is 12.4. The summed E-state index contributed by atoms with van der Waals surface area (Å²) in [5.74, 6) is -2.33. The number of sulfonamides is 1. The van der Waals surface area contributed by atoms with Gasteiger partial charge in [0.2, 0.25) is 5.91 Å². The number of rotatable bonds is 7. The molecule has 1 aliphatic rings. The molecule has 1 saturated heterocycles. The van der Waals surface area contributed by atoms with Crippen molar-refractivity contribution in [2.75, 3.05) is 16.2 Å². The van der Waals surface area contributed by atoms with Crippen molar-refractivity contribution in [1.82, 2.24) is 9.78 Å². The zero-order chi connectivity index (χ0) is 20.5. The highest BCUT2D eigenvalue weighted by molar-refractivity contribution is 7.92. The summed E-state index contributed by atoms with van der Waals surface area (Å²) < 4.78 is 52.6. The second-order valence-corrected chi connectivity index (χ2v) is 7.84. The van der Waals surface area contributed by atoms with Crippen molar-refractivity contribution in [3.05, 3.63) is 36.5 Å². The number of amides is 1. The van der Waals surface area contributed by atoms with Gasteiger partial charge in [-0.25, -0.2) is 17.2 Å². The van der Waals surface area contributed by atoms with Crippen molar-refractivity contribution in [3.8, 4) is 0 Å². The van der Waals surface area contributed by atoms with Gasteiger partial charge in [-0.1, -0.05) is 0 Å². The smallest absolute Gasteiger partial charge is 0.308 e. The van der Waals surface area contributed by atoms with E-state index in [1.165, 1.54) is 41.4 Å². The van der Waals surface area contributed by atoms with E-state index in [-0.39, 0.29) is 29.6 Å². The minimum atomic E-state index is -4.02. The summed E-state index contributed by atoms with van der Waals surface area (Å²) in [6.45, 7) is -0.641. The number of aromatic nitrogens is 2. The van der Waals surface area contributed by atoms with Gasteiger partial charge in [0.15, 0.2) is 5.82 Å². The summed E-state index contributed by atoms with van der Waals surface area (Å²) in [5, 5.41) is 12.7. The first-order valence-corrected chi connectivity index (χ1v) is 9.61. The van der Waals surface area contributed by atoms with Crippen LogP contribution in [0.1, 0.15) is 6.42 Å². The molecule has 0 spiro atoms. The molecule has 0 radical (unpaired) electrons. The Balaban J connectivity index is 1.72. The normalized spacial score (nSPS) is 17.3. The maximum Gasteiger partial charge on any atom is 0.308 e. The van der Waals surface area contributed by atoms with Crippen molar-refractivity contribution < 1.29 is 31.9 Å². The van der Waals surface area contributed by atoms with Gasteiger partial charge in [-0.3, -0.25) is 19.0 Å². The maximum absolute atomic E-state index is 12.4. The Kier molecular flexibility index (Phi) is 5.31. The largest absolute Gasteiger partial charge is 0.481 e. The Morgan fingerprint density at radius 2 is 1.96 bits per heavy atom. The summed E-state index contributed by atoms with van der Waals surface area (Å²) in [6, 6.07) is 6.56. The predicted molar refractivity (Wildman–Crippen MR) is 93.6 cm³/mol. The van der Waals surface area contributed by atoms with E-state index in [4.69, 9.17) is 5.11 Å². The monoisotopic (exact) mass is 414 g/mol. The van der Waals surface area contributed by atoms with Gasteiger partial charge < -0.3 is 10.0 Å². The van der Waals surface area contributed by atoms with E-state index >= 15 is 0 Å². The van der Waals surface area contributed by atoms with E-state index in [9.17, 15) is 26.8 Å². The zero-order valence-corrected chi connectivity index (χ0v) is 15.1. The van der Waals surface area contributed by atoms with Gasteiger partial charge >= 0.3 is 5.97 Å². The van der Waals surface area contributed by atoms with Gasteiger partial charge in [0.25, 0.3) is 16.4 Å². The molecule has 12 heteroatoms. The van der Waals surface area contributed by atoms with Crippen LogP contribution >= 0.6 is 0 Å². The predicted octanol–water partition coefficient (Wildman–Crippen LogP) is 1.39. The van der Waals surface area contributed by atoms with Gasteiger partial charge in [-0.2, -0.15) is 5.10 Å². The Morgan fingerprint density at radius 1 is 1.29 bits per heavy atom. The van der Waals surface area contributed by atoms with E-state index in [0.717, 1.165) is 4.68 Å². The lowest BCUT2D eigenvalue weighted by Gasteiger charge is -2.16. The van der Waals surface area contributed by atoms with Crippen LogP contribution in [-0.2, 0) is 26.2 Å². The fourth-order valence-electron chi connectivity index (χ4n) is 2.78. The number of alkyl halides is 2. The van der Waals surface area contributed by atoms with E-state index in [1.54, 1.807) is 0 Å². The Morgan fingerprint density at radius 3 is 2.54 bits per heavy atom. The van der Waals surface area contributed by atoms with E-state index in [0.29, 0.717) is 5.69 Å². The third-order valence-electron chi connectivity index (χ3n) is 4.14. The van der Waals surface area contributed by atoms with Gasteiger partial charge in [0.1, 0.15) is 6.54 Å². The van der Waals surface area contributed by atoms with Crippen LogP contribution < -0.4 is 9.62 Å². The SMILES string of the molecule is O=C(O)C1CC(=O)N(c2ccc(S(=O)(=O)Nc3ccn(CC(F)F)n3)cc2)C1. The number of carboxylic acid groups (broad SMARTS) is 1. The lowest BCUT2D eigenvalue weighted by atomic mass is 10.1. The van der Waals surface area contributed by atoms with Crippen LogP contribution in [0.3, 0.4) is 0 Å². The molecule has 0 bridgehead atoms. The summed E-state index contributed by atoms with van der Waals surface area (Å²) in [7, 11) is -4.02. The second-order valence-electron chi connectivity index (χ2n) is 6.16. The molecule has 2 N–H and O–H groups in total. The number of aliphatic carboxylic acids is 1. The summed E-state index contributed by atoms with van der Waals surface area (Å²) >= 11 is 0. The fraction of sp³-hybridized carbons (Fsp3) is 0.312. The Hall–Kier alpha value is -3.02. The molecular weight excluding hydrogens is 398 g/mol. The zero-order valence-electron chi connectivity index (χ0n) is 14.3. The van der Waals surface area contributed by atoms with Crippen molar-refractivity contribution in [2.45, 2.75) is 24.3 Å². The molecule has 28 heavy (non-hydrogen) atoms. The number of benzene rings is 1. The van der Waals surface area contributed by atoms with Crippen LogP contribution in [0.25, 0.3) is 0 Å². The molecule has 1 fully saturated rings. The Labute approximate surface area is 158 Å². The second kappa shape index (κ2) is 7.54. The number of carboxylic acids is 1. The van der Waals surface area contributed by atoms with Crippen molar-refractivity contribution >= 4 is 33.4 Å². The van der Waals surface area contributed by atoms with Gasteiger partial charge in [0.05, 0.1) is 10.8 Å². The van der Waals surface area contributed by atoms with Crippen LogP contribution in [0.5, 0.6) is 0 Å². The molecule has 150 valence electrons. The quantitative estimate of drug-likeness (QED) is 0.706. The number of carbonyl (C=O) groups excluding carboxylic acids is 1. The lowest BCUT2D eigenvalue weighted by Crippen LogP contribution is -2.25. The molecule has 3 rings (SSSR count). The van der Waals surface area contributed by atoms with Crippen molar-refractivity contribution in [2.24, 2.45) is 5.92 Å². The highest BCUT2D eigenvalue weighted by Crippen LogP contribution is 2.26. The molecule has 1 aromatic heterocycles. The minimum Gasteiger partial charge on any atom is -0.481 e. The van der Waals surface area contributed by atoms with Crippen LogP contribution in [0, 0.1) is 5.92 Å². The standard InChI is InChI=1S/C16H16F2N4O5S/c17-13(18)9-21-6-5-14(19-21)20-28(26,27)12-3-1-11(2-4-12)22-8-10(16(24)25)7-15(22)23/h1-6,10,13H,7-9H2,(H,19,20)(H,24,25). The molecular formula is C16H16F2N4O5S. The number of carbonyl (C=O) groups is 2. The average Bonchev–Trinajstić information content (AvgIpc) is 3.20. The average molecular weight is 414 g/mol. The molecule has 0 saturated carbocycles. The highest BCUT2D eigenvalue weighted by atomic mass is 32.2. The molecule has 1 atom stereocenters. The van der Waals surface area contributed by atoms with Crippen LogP contribution in [0.15, 0.2) is 41.4 Å². The first-order chi connectivity index (χ1) is 13.2. The minimum absolute atomic E-state index is 0.0140. The summed E-state index contributed by atoms with van der Waals surface area (Å²) in [5.41, 5.74) is 0.383. The van der Waals surface area contributed by atoms with Crippen LogP contribution in [-0.4, -0.2) is 48.2 Å². The third kappa shape index (κ3) is 4.27. The number of anilines is 2. The first kappa shape index (κ1) is 19.7. The topological polar surface area (TPSA) is 122 Å². The highest BCUT2D eigenvalue weighted by Gasteiger charge is 2.35. The van der Waals surface area contributed by atoms with Gasteiger partial charge in [-0.05, 0) is 24.3 Å². The molecule has 1 amide bonds. The van der Waals surface area contributed by atoms with Crippen LogP contribution in [0.4, 0.5) is 20.3 Å². The lowest BCUT2D eigenvalue weighted by molar-refractivity contribution is -0.141. The molecule has 9 nitrogen and oxygen atoms in total. The molecule has 1 unspecified atom stereocenters. The number of halogens is 2. The van der Waals surface area contributed by atoms with E-state index < -0.39 is 34.9 Å². The van der Waals surface area contributed by atoms with Gasteiger partial charge in [0, 0.05) is 30.9 Å². The third-order valence-corrected chi connectivity index (χ3v) is 5.51. The van der Waals surface area contributed by atoms with Crippen molar-refractivity contribution in [1.29, 1.82) is 0 Å².